The molecule has 0 amide bonds. The highest BCUT2D eigenvalue weighted by atomic mass is 16.7. The summed E-state index contributed by atoms with van der Waals surface area (Å²) in [6, 6.07) is 5.99. The van der Waals surface area contributed by atoms with E-state index in [4.69, 9.17) is 9.47 Å². The number of carbonyl (C=O) groups is 1. The van der Waals surface area contributed by atoms with E-state index in [2.05, 4.69) is 0 Å². The van der Waals surface area contributed by atoms with Crippen LogP contribution >= 0.6 is 0 Å². The first-order chi connectivity index (χ1) is 15.6. The second kappa shape index (κ2) is 8.54. The number of aliphatic hydroxyl groups excluding tert-OH is 4. The number of hydrogen-bond donors (Lipinski definition) is 8. The first-order valence-corrected chi connectivity index (χ1v) is 9.94. The Labute approximate surface area is 186 Å². The molecule has 4 rings (SSSR count). The molecule has 11 heteroatoms. The fourth-order valence-corrected chi connectivity index (χ4v) is 3.94. The van der Waals surface area contributed by atoms with Crippen LogP contribution in [0, 0.1) is 0 Å². The Morgan fingerprint density at radius 1 is 0.909 bits per heavy atom. The van der Waals surface area contributed by atoms with Crippen molar-refractivity contribution in [2.75, 3.05) is 6.61 Å². The van der Waals surface area contributed by atoms with Gasteiger partial charge in [0.1, 0.15) is 35.9 Å². The predicted molar refractivity (Wildman–Crippen MR) is 109 cm³/mol. The lowest BCUT2D eigenvalue weighted by molar-refractivity contribution is -0.290. The zero-order chi connectivity index (χ0) is 24.0. The van der Waals surface area contributed by atoms with Crippen molar-refractivity contribution in [1.82, 2.24) is 0 Å². The molecule has 1 saturated heterocycles. The Morgan fingerprint density at radius 2 is 1.64 bits per heavy atom. The van der Waals surface area contributed by atoms with Crippen LogP contribution in [0.2, 0.25) is 0 Å². The summed E-state index contributed by atoms with van der Waals surface area (Å²) in [7, 11) is 0. The lowest BCUT2D eigenvalue weighted by Crippen LogP contribution is -2.59. The molecule has 1 fully saturated rings. The summed E-state index contributed by atoms with van der Waals surface area (Å²) in [5.74, 6) is -2.94. The summed E-state index contributed by atoms with van der Waals surface area (Å²) in [4.78, 5) is 13.3. The molecule has 0 radical (unpaired) electrons. The average Bonchev–Trinajstić information content (AvgIpc) is 2.76. The molecule has 33 heavy (non-hydrogen) atoms. The van der Waals surface area contributed by atoms with Gasteiger partial charge in [-0.15, -0.1) is 0 Å². The van der Waals surface area contributed by atoms with Gasteiger partial charge in [-0.05, 0) is 29.3 Å². The summed E-state index contributed by atoms with van der Waals surface area (Å²) in [6.07, 6.45) is -8.22. The zero-order valence-electron chi connectivity index (χ0n) is 17.0. The molecule has 0 aromatic heterocycles. The molecule has 1 heterocycles. The number of allylic oxidation sites excluding steroid dienone is 2. The van der Waals surface area contributed by atoms with Crippen LogP contribution in [0.1, 0.15) is 21.5 Å². The van der Waals surface area contributed by atoms with Gasteiger partial charge in [0, 0.05) is 18.1 Å². The van der Waals surface area contributed by atoms with Gasteiger partial charge < -0.3 is 50.3 Å². The van der Waals surface area contributed by atoms with Gasteiger partial charge in [-0.3, -0.25) is 4.79 Å². The molecule has 1 aliphatic carbocycles. The van der Waals surface area contributed by atoms with Crippen LogP contribution in [0.4, 0.5) is 0 Å². The van der Waals surface area contributed by atoms with Crippen molar-refractivity contribution in [3.8, 4) is 23.0 Å². The Balaban J connectivity index is 1.82. The number of ether oxygens (including phenoxy) is 2. The van der Waals surface area contributed by atoms with Crippen LogP contribution in [-0.2, 0) is 15.9 Å². The molecule has 11 nitrogen and oxygen atoms in total. The third-order valence-corrected chi connectivity index (χ3v) is 5.66. The molecule has 5 atom stereocenters. The van der Waals surface area contributed by atoms with Crippen molar-refractivity contribution >= 4 is 11.4 Å². The van der Waals surface area contributed by atoms with E-state index in [1.54, 1.807) is 0 Å². The molecule has 8 N–H and O–H groups in total. The van der Waals surface area contributed by atoms with Gasteiger partial charge in [0.2, 0.25) is 12.1 Å². The summed E-state index contributed by atoms with van der Waals surface area (Å²) in [5, 5.41) is 79.4. The Kier molecular flexibility index (Phi) is 5.91. The van der Waals surface area contributed by atoms with E-state index >= 15 is 0 Å². The highest BCUT2D eigenvalue weighted by molar-refractivity contribution is 6.16. The van der Waals surface area contributed by atoms with E-state index in [9.17, 15) is 45.6 Å². The fourth-order valence-electron chi connectivity index (χ4n) is 3.94. The standard InChI is InChI=1S/C22H22O11/c23-7-15-17(28)19(30)20(31)22(32-15)33-21-11(8-1-2-12(25)13(26)5-8)4-9-3-10(24)6-14(27)16(9)18(21)29/h1-3,5-6,15,17,19-20,22-28,30-31H,4,7H2/t15?,17?,19-,20-,22?/m1/s1. The Hall–Kier alpha value is -3.35. The third-order valence-electron chi connectivity index (χ3n) is 5.66. The first-order valence-electron chi connectivity index (χ1n) is 9.94. The third kappa shape index (κ3) is 3.96. The average molecular weight is 462 g/mol. The van der Waals surface area contributed by atoms with Crippen LogP contribution in [0.25, 0.3) is 5.57 Å². The maximum absolute atomic E-state index is 13.3. The number of rotatable bonds is 4. The van der Waals surface area contributed by atoms with Crippen molar-refractivity contribution in [3.63, 3.8) is 0 Å². The monoisotopic (exact) mass is 462 g/mol. The van der Waals surface area contributed by atoms with Crippen molar-refractivity contribution < 1.29 is 55.1 Å². The van der Waals surface area contributed by atoms with Gasteiger partial charge in [0.05, 0.1) is 12.2 Å². The largest absolute Gasteiger partial charge is 0.508 e. The molecule has 1 aliphatic heterocycles. The van der Waals surface area contributed by atoms with E-state index in [-0.39, 0.29) is 34.4 Å². The van der Waals surface area contributed by atoms with Crippen molar-refractivity contribution in [1.29, 1.82) is 0 Å². The predicted octanol–water partition coefficient (Wildman–Crippen LogP) is -0.524. The quantitative estimate of drug-likeness (QED) is 0.272. The molecule has 2 aliphatic rings. The second-order valence-electron chi connectivity index (χ2n) is 7.83. The molecule has 2 aromatic rings. The van der Waals surface area contributed by atoms with E-state index in [1.807, 2.05) is 0 Å². The second-order valence-corrected chi connectivity index (χ2v) is 7.83. The molecular weight excluding hydrogens is 440 g/mol. The Bertz CT molecular complexity index is 1120. The minimum Gasteiger partial charge on any atom is -0.508 e. The van der Waals surface area contributed by atoms with Gasteiger partial charge in [-0.1, -0.05) is 6.07 Å². The van der Waals surface area contributed by atoms with Crippen molar-refractivity contribution in [2.45, 2.75) is 37.1 Å². The van der Waals surface area contributed by atoms with Gasteiger partial charge in [-0.25, -0.2) is 0 Å². The van der Waals surface area contributed by atoms with Crippen molar-refractivity contribution in [3.05, 3.63) is 52.8 Å². The maximum Gasteiger partial charge on any atom is 0.232 e. The topological polar surface area (TPSA) is 197 Å². The van der Waals surface area contributed by atoms with Crippen LogP contribution < -0.4 is 0 Å². The highest BCUT2D eigenvalue weighted by Gasteiger charge is 2.46. The number of ketones is 1. The summed E-state index contributed by atoms with van der Waals surface area (Å²) >= 11 is 0. The van der Waals surface area contributed by atoms with E-state index in [0.717, 1.165) is 6.07 Å². The van der Waals surface area contributed by atoms with Crippen LogP contribution in [0.15, 0.2) is 36.1 Å². The number of aromatic hydroxyl groups is 4. The number of hydrogen-bond acceptors (Lipinski definition) is 11. The van der Waals surface area contributed by atoms with E-state index in [1.165, 1.54) is 24.3 Å². The molecule has 2 aromatic carbocycles. The summed E-state index contributed by atoms with van der Waals surface area (Å²) in [6.45, 7) is -0.709. The van der Waals surface area contributed by atoms with E-state index < -0.39 is 66.1 Å². The first kappa shape index (κ1) is 22.8. The lowest BCUT2D eigenvalue weighted by Gasteiger charge is -2.40. The van der Waals surface area contributed by atoms with Gasteiger partial charge in [-0.2, -0.15) is 0 Å². The number of phenolic OH excluding ortho intramolecular Hbond substituents is 4. The number of carbonyl (C=O) groups excluding carboxylic acids is 1. The van der Waals surface area contributed by atoms with Gasteiger partial charge in [0.15, 0.2) is 17.3 Å². The molecule has 0 saturated carbocycles. The molecule has 0 bridgehead atoms. The van der Waals surface area contributed by atoms with E-state index in [0.29, 0.717) is 0 Å². The lowest BCUT2D eigenvalue weighted by atomic mass is 9.85. The number of benzene rings is 2. The van der Waals surface area contributed by atoms with Crippen LogP contribution in [0.5, 0.6) is 23.0 Å². The normalized spacial score (nSPS) is 27.4. The van der Waals surface area contributed by atoms with Crippen LogP contribution in [0.3, 0.4) is 0 Å². The molecule has 3 unspecified atom stereocenters. The summed E-state index contributed by atoms with van der Waals surface area (Å²) < 4.78 is 11.0. The van der Waals surface area contributed by atoms with Gasteiger partial charge in [0.25, 0.3) is 0 Å². The minimum absolute atomic E-state index is 0.0694. The molecular formula is C22H22O11. The number of phenols is 4. The Morgan fingerprint density at radius 3 is 2.30 bits per heavy atom. The number of fused-ring (bicyclic) bond motifs is 1. The SMILES string of the molecule is O=C1C(OC2OC(CO)C(O)[C@@H](O)[C@H]2O)=C(c2ccc(O)c(O)c2)Cc2cc(O)cc(O)c21. The van der Waals surface area contributed by atoms with Gasteiger partial charge >= 0.3 is 0 Å². The van der Waals surface area contributed by atoms with Crippen molar-refractivity contribution in [2.24, 2.45) is 0 Å². The zero-order valence-corrected chi connectivity index (χ0v) is 17.0. The molecule has 176 valence electrons. The maximum atomic E-state index is 13.3. The number of aliphatic hydroxyl groups is 4. The number of Topliss-reactive ketones (excluding diaryl/α,β-unsaturated/α-hetero) is 1. The smallest absolute Gasteiger partial charge is 0.232 e. The minimum atomic E-state index is -1.80. The fraction of sp³-hybridized carbons (Fsp3) is 0.318. The summed E-state index contributed by atoms with van der Waals surface area (Å²) in [5.41, 5.74) is 0.483. The molecule has 0 spiro atoms. The van der Waals surface area contributed by atoms with Crippen LogP contribution in [-0.4, -0.2) is 83.9 Å². The highest BCUT2D eigenvalue weighted by Crippen LogP contribution is 2.41.